The number of amides is 1. The van der Waals surface area contributed by atoms with E-state index < -0.39 is 12.1 Å². The van der Waals surface area contributed by atoms with E-state index in [1.807, 2.05) is 6.07 Å². The summed E-state index contributed by atoms with van der Waals surface area (Å²) in [7, 11) is 1.55. The molecule has 2 rings (SSSR count). The number of hydrogen-bond acceptors (Lipinski definition) is 4. The maximum absolute atomic E-state index is 12.2. The van der Waals surface area contributed by atoms with Crippen molar-refractivity contribution in [3.8, 4) is 11.8 Å². The molecule has 0 aromatic heterocycles. The van der Waals surface area contributed by atoms with E-state index in [2.05, 4.69) is 5.32 Å². The Morgan fingerprint density at radius 1 is 1.18 bits per heavy atom. The Balaban J connectivity index is 2.23. The number of carbonyl (C=O) groups is 1. The van der Waals surface area contributed by atoms with Gasteiger partial charge in [0.15, 0.2) is 6.10 Å². The lowest BCUT2D eigenvalue weighted by molar-refractivity contribution is 0.0888. The number of carbonyl (C=O) groups excluding carboxylic acids is 1. The van der Waals surface area contributed by atoms with Gasteiger partial charge in [0.1, 0.15) is 5.75 Å². The van der Waals surface area contributed by atoms with E-state index in [0.717, 1.165) is 0 Å². The first kappa shape index (κ1) is 15.5. The van der Waals surface area contributed by atoms with Crippen LogP contribution in [0.3, 0.4) is 0 Å². The first-order chi connectivity index (χ1) is 10.7. The van der Waals surface area contributed by atoms with Gasteiger partial charge in [-0.15, -0.1) is 0 Å². The van der Waals surface area contributed by atoms with Gasteiger partial charge in [0, 0.05) is 5.56 Å². The third-order valence-electron chi connectivity index (χ3n) is 3.25. The van der Waals surface area contributed by atoms with Crippen molar-refractivity contribution in [2.45, 2.75) is 12.1 Å². The van der Waals surface area contributed by atoms with Gasteiger partial charge in [0.25, 0.3) is 5.91 Å². The van der Waals surface area contributed by atoms with Gasteiger partial charge < -0.3 is 15.2 Å². The maximum atomic E-state index is 12.2. The zero-order valence-corrected chi connectivity index (χ0v) is 12.1. The second-order valence-electron chi connectivity index (χ2n) is 4.66. The summed E-state index contributed by atoms with van der Waals surface area (Å²) in [6.07, 6.45) is -1.35. The van der Waals surface area contributed by atoms with Gasteiger partial charge in [-0.3, -0.25) is 4.79 Å². The Morgan fingerprint density at radius 3 is 2.36 bits per heavy atom. The number of hydrogen-bond donors (Lipinski definition) is 2. The molecule has 0 aliphatic heterocycles. The Morgan fingerprint density at radius 2 is 1.82 bits per heavy atom. The highest BCUT2D eigenvalue weighted by molar-refractivity contribution is 5.94. The molecule has 0 saturated heterocycles. The van der Waals surface area contributed by atoms with Gasteiger partial charge in [0.05, 0.1) is 19.2 Å². The first-order valence-electron chi connectivity index (χ1n) is 6.73. The predicted octanol–water partition coefficient (Wildman–Crippen LogP) is 2.05. The molecule has 112 valence electrons. The van der Waals surface area contributed by atoms with E-state index in [4.69, 9.17) is 10.00 Å². The number of aliphatic hydroxyl groups is 1. The molecule has 2 N–H and O–H groups in total. The minimum absolute atomic E-state index is 0.351. The second kappa shape index (κ2) is 7.25. The van der Waals surface area contributed by atoms with Crippen LogP contribution in [-0.4, -0.2) is 24.2 Å². The fourth-order valence-corrected chi connectivity index (χ4v) is 2.04. The van der Waals surface area contributed by atoms with Gasteiger partial charge in [-0.2, -0.15) is 5.26 Å². The number of ether oxygens (including phenoxy) is 1. The van der Waals surface area contributed by atoms with E-state index in [1.165, 1.54) is 0 Å². The summed E-state index contributed by atoms with van der Waals surface area (Å²) in [6.45, 7) is 0. The molecule has 0 spiro atoms. The molecule has 0 heterocycles. The lowest BCUT2D eigenvalue weighted by Crippen LogP contribution is -2.35. The van der Waals surface area contributed by atoms with Crippen LogP contribution >= 0.6 is 0 Å². The summed E-state index contributed by atoms with van der Waals surface area (Å²) < 4.78 is 5.07. The van der Waals surface area contributed by atoms with Crippen LogP contribution in [-0.2, 0) is 0 Å². The summed E-state index contributed by atoms with van der Waals surface area (Å²) in [5, 5.41) is 21.5. The minimum Gasteiger partial charge on any atom is -0.497 e. The molecule has 0 saturated carbocycles. The molecule has 2 aromatic rings. The normalized spacial score (nSPS) is 12.8. The fraction of sp³-hybridized carbons (Fsp3) is 0.176. The lowest BCUT2D eigenvalue weighted by Gasteiger charge is -2.20. The third-order valence-corrected chi connectivity index (χ3v) is 3.25. The van der Waals surface area contributed by atoms with Crippen LogP contribution in [0.15, 0.2) is 54.6 Å². The number of nitrogens with one attached hydrogen (secondary N) is 1. The molecule has 0 radical (unpaired) electrons. The van der Waals surface area contributed by atoms with Crippen molar-refractivity contribution in [2.24, 2.45) is 0 Å². The minimum atomic E-state index is -1.35. The van der Waals surface area contributed by atoms with Gasteiger partial charge in [0.2, 0.25) is 0 Å². The molecule has 0 unspecified atom stereocenters. The van der Waals surface area contributed by atoms with Crippen molar-refractivity contribution in [2.75, 3.05) is 7.11 Å². The maximum Gasteiger partial charge on any atom is 0.251 e. The van der Waals surface area contributed by atoms with Gasteiger partial charge in [-0.05, 0) is 29.8 Å². The Labute approximate surface area is 128 Å². The largest absolute Gasteiger partial charge is 0.497 e. The topological polar surface area (TPSA) is 82.3 Å². The summed E-state index contributed by atoms with van der Waals surface area (Å²) >= 11 is 0. The number of nitriles is 1. The summed E-state index contributed by atoms with van der Waals surface area (Å²) in [6, 6.07) is 16.4. The molecule has 0 aliphatic rings. The molecule has 0 fully saturated rings. The molecule has 22 heavy (non-hydrogen) atoms. The van der Waals surface area contributed by atoms with Crippen LogP contribution in [0.4, 0.5) is 0 Å². The van der Waals surface area contributed by atoms with Gasteiger partial charge >= 0.3 is 0 Å². The zero-order chi connectivity index (χ0) is 15.9. The molecular formula is C17H16N2O3. The van der Waals surface area contributed by atoms with Crippen molar-refractivity contribution in [1.29, 1.82) is 5.26 Å². The summed E-state index contributed by atoms with van der Waals surface area (Å²) in [4.78, 5) is 12.2. The standard InChI is InChI=1S/C17H16N2O3/c1-22-14-9-7-12(8-10-14)16(15(20)11-18)19-17(21)13-5-3-2-4-6-13/h2-10,15-16,20H,1H3,(H,19,21)/t15-,16-/m1/s1. The average molecular weight is 296 g/mol. The lowest BCUT2D eigenvalue weighted by atomic mass is 10.0. The number of aliphatic hydroxyl groups excluding tert-OH is 1. The predicted molar refractivity (Wildman–Crippen MR) is 81.3 cm³/mol. The average Bonchev–Trinajstić information content (AvgIpc) is 2.59. The Hall–Kier alpha value is -2.84. The Kier molecular flexibility index (Phi) is 5.12. The molecule has 5 nitrogen and oxygen atoms in total. The highest BCUT2D eigenvalue weighted by Crippen LogP contribution is 2.21. The SMILES string of the molecule is COc1ccc([C@@H](NC(=O)c2ccccc2)[C@H](O)C#N)cc1. The van der Waals surface area contributed by atoms with E-state index in [0.29, 0.717) is 16.9 Å². The number of benzene rings is 2. The van der Waals surface area contributed by atoms with Crippen LogP contribution in [0, 0.1) is 11.3 Å². The van der Waals surface area contributed by atoms with E-state index in [1.54, 1.807) is 61.7 Å². The molecule has 0 aliphatic carbocycles. The van der Waals surface area contributed by atoms with Crippen LogP contribution in [0.25, 0.3) is 0 Å². The summed E-state index contributed by atoms with van der Waals surface area (Å²) in [5.41, 5.74) is 1.09. The van der Waals surface area contributed by atoms with Crippen LogP contribution in [0.5, 0.6) is 5.75 Å². The molecule has 2 aromatic carbocycles. The van der Waals surface area contributed by atoms with Crippen LogP contribution < -0.4 is 10.1 Å². The van der Waals surface area contributed by atoms with Crippen molar-refractivity contribution >= 4 is 5.91 Å². The number of nitrogens with zero attached hydrogens (tertiary/aromatic N) is 1. The van der Waals surface area contributed by atoms with Crippen molar-refractivity contribution in [3.05, 3.63) is 65.7 Å². The number of rotatable bonds is 5. The highest BCUT2D eigenvalue weighted by Gasteiger charge is 2.23. The first-order valence-corrected chi connectivity index (χ1v) is 6.73. The van der Waals surface area contributed by atoms with Crippen molar-refractivity contribution in [3.63, 3.8) is 0 Å². The van der Waals surface area contributed by atoms with E-state index >= 15 is 0 Å². The molecular weight excluding hydrogens is 280 g/mol. The monoisotopic (exact) mass is 296 g/mol. The van der Waals surface area contributed by atoms with Crippen LogP contribution in [0.2, 0.25) is 0 Å². The van der Waals surface area contributed by atoms with Gasteiger partial charge in [-0.1, -0.05) is 30.3 Å². The molecule has 0 bridgehead atoms. The van der Waals surface area contributed by atoms with Crippen molar-refractivity contribution in [1.82, 2.24) is 5.32 Å². The third kappa shape index (κ3) is 3.62. The molecule has 5 heteroatoms. The van der Waals surface area contributed by atoms with Gasteiger partial charge in [-0.25, -0.2) is 0 Å². The highest BCUT2D eigenvalue weighted by atomic mass is 16.5. The second-order valence-corrected chi connectivity index (χ2v) is 4.66. The molecule has 1 amide bonds. The van der Waals surface area contributed by atoms with Crippen molar-refractivity contribution < 1.29 is 14.6 Å². The van der Waals surface area contributed by atoms with E-state index in [-0.39, 0.29) is 5.91 Å². The van der Waals surface area contributed by atoms with E-state index in [9.17, 15) is 9.90 Å². The zero-order valence-electron chi connectivity index (χ0n) is 12.1. The Bertz CT molecular complexity index is 663. The van der Waals surface area contributed by atoms with Crippen LogP contribution in [0.1, 0.15) is 22.0 Å². The summed E-state index contributed by atoms with van der Waals surface area (Å²) in [5.74, 6) is 0.305. The fourth-order valence-electron chi connectivity index (χ4n) is 2.04. The quantitative estimate of drug-likeness (QED) is 0.827. The number of methoxy groups -OCH3 is 1. The smallest absolute Gasteiger partial charge is 0.251 e. The molecule has 2 atom stereocenters.